The fourth-order valence-corrected chi connectivity index (χ4v) is 2.83. The van der Waals surface area contributed by atoms with E-state index in [4.69, 9.17) is 19.7 Å². The molecule has 2 aromatic rings. The average Bonchev–Trinajstić information content (AvgIpc) is 2.99. The number of aromatic nitrogens is 1. The van der Waals surface area contributed by atoms with E-state index in [-0.39, 0.29) is 13.0 Å². The summed E-state index contributed by atoms with van der Waals surface area (Å²) in [4.78, 5) is 27.5. The largest absolute Gasteiger partial charge is 0.497 e. The molecule has 1 saturated heterocycles. The number of ether oxygens (including phenoxy) is 2. The Hall–Kier alpha value is -3.03. The van der Waals surface area contributed by atoms with Crippen molar-refractivity contribution in [3.8, 4) is 11.6 Å². The fourth-order valence-electron chi connectivity index (χ4n) is 2.83. The molecular weight excluding hydrogens is 316 g/mol. The molecule has 1 aliphatic heterocycles. The number of hydrogen-bond donors (Lipinski definition) is 2. The summed E-state index contributed by atoms with van der Waals surface area (Å²) < 4.78 is 11.0. The summed E-state index contributed by atoms with van der Waals surface area (Å²) in [5.41, 5.74) is 0. The van der Waals surface area contributed by atoms with E-state index in [1.54, 1.807) is 19.4 Å². The lowest BCUT2D eigenvalue weighted by Gasteiger charge is -2.16. The summed E-state index contributed by atoms with van der Waals surface area (Å²) in [6.07, 6.45) is -0.195. The zero-order valence-electron chi connectivity index (χ0n) is 12.9. The Balaban J connectivity index is 1.87. The van der Waals surface area contributed by atoms with Gasteiger partial charge in [-0.25, -0.2) is 14.6 Å². The van der Waals surface area contributed by atoms with Gasteiger partial charge in [0.25, 0.3) is 0 Å². The van der Waals surface area contributed by atoms with E-state index in [0.29, 0.717) is 11.6 Å². The molecule has 1 amide bonds. The van der Waals surface area contributed by atoms with Crippen LogP contribution in [0.3, 0.4) is 0 Å². The van der Waals surface area contributed by atoms with Gasteiger partial charge in [-0.1, -0.05) is 6.07 Å². The van der Waals surface area contributed by atoms with Gasteiger partial charge in [-0.05, 0) is 23.6 Å². The van der Waals surface area contributed by atoms with Crippen molar-refractivity contribution in [3.05, 3.63) is 30.5 Å². The quantitative estimate of drug-likeness (QED) is 0.879. The molecule has 1 fully saturated rings. The highest BCUT2D eigenvalue weighted by molar-refractivity contribution is 5.88. The molecule has 1 aliphatic rings. The first-order valence-electron chi connectivity index (χ1n) is 7.31. The van der Waals surface area contributed by atoms with Gasteiger partial charge in [0.1, 0.15) is 17.9 Å². The summed E-state index contributed by atoms with van der Waals surface area (Å²) in [6.45, 7) is -0.0195. The van der Waals surface area contributed by atoms with Gasteiger partial charge in [-0.2, -0.15) is 0 Å². The second-order valence-electron chi connectivity index (χ2n) is 5.47. The molecule has 0 aliphatic carbocycles. The van der Waals surface area contributed by atoms with Crippen LogP contribution in [0.15, 0.2) is 30.5 Å². The predicted octanol–water partition coefficient (Wildman–Crippen LogP) is 1.83. The van der Waals surface area contributed by atoms with Crippen molar-refractivity contribution in [2.24, 2.45) is 0 Å². The Labute approximate surface area is 137 Å². The van der Waals surface area contributed by atoms with Crippen LogP contribution < -0.4 is 9.47 Å². The van der Waals surface area contributed by atoms with E-state index in [0.717, 1.165) is 15.7 Å². The Morgan fingerprint density at radius 3 is 2.71 bits per heavy atom. The van der Waals surface area contributed by atoms with Crippen molar-refractivity contribution in [2.45, 2.75) is 18.6 Å². The number of amides is 1. The Bertz CT molecular complexity index is 771. The molecule has 24 heavy (non-hydrogen) atoms. The lowest BCUT2D eigenvalue weighted by atomic mass is 10.1. The van der Waals surface area contributed by atoms with Gasteiger partial charge in [-0.3, -0.25) is 4.90 Å². The zero-order chi connectivity index (χ0) is 17.3. The van der Waals surface area contributed by atoms with Crippen LogP contribution in [0.1, 0.15) is 6.42 Å². The average molecular weight is 332 g/mol. The molecule has 3 rings (SSSR count). The van der Waals surface area contributed by atoms with Gasteiger partial charge >= 0.3 is 12.1 Å². The van der Waals surface area contributed by atoms with Crippen LogP contribution >= 0.6 is 0 Å². The molecule has 8 heteroatoms. The Morgan fingerprint density at radius 1 is 1.29 bits per heavy atom. The molecule has 0 saturated carbocycles. The van der Waals surface area contributed by atoms with Crippen LogP contribution in [0.2, 0.25) is 0 Å². The molecule has 0 bridgehead atoms. The minimum Gasteiger partial charge on any atom is -0.497 e. The lowest BCUT2D eigenvalue weighted by molar-refractivity contribution is -0.141. The van der Waals surface area contributed by atoms with Crippen molar-refractivity contribution >= 4 is 22.8 Å². The summed E-state index contributed by atoms with van der Waals surface area (Å²) in [6, 6.07) is 6.16. The molecule has 126 valence electrons. The van der Waals surface area contributed by atoms with Gasteiger partial charge in [0.2, 0.25) is 5.88 Å². The van der Waals surface area contributed by atoms with E-state index in [9.17, 15) is 9.59 Å². The van der Waals surface area contributed by atoms with Crippen LogP contribution in [-0.4, -0.2) is 58.0 Å². The van der Waals surface area contributed by atoms with E-state index >= 15 is 0 Å². The number of carbonyl (C=O) groups is 2. The number of carboxylic acids is 1. The second kappa shape index (κ2) is 6.23. The minimum atomic E-state index is -1.28. The number of hydrogen-bond acceptors (Lipinski definition) is 5. The van der Waals surface area contributed by atoms with Crippen molar-refractivity contribution in [1.29, 1.82) is 0 Å². The van der Waals surface area contributed by atoms with Crippen LogP contribution in [0, 0.1) is 0 Å². The van der Waals surface area contributed by atoms with E-state index in [1.165, 1.54) is 0 Å². The summed E-state index contributed by atoms with van der Waals surface area (Å²) >= 11 is 0. The number of fused-ring (bicyclic) bond motifs is 1. The third kappa shape index (κ3) is 2.90. The van der Waals surface area contributed by atoms with E-state index < -0.39 is 24.2 Å². The SMILES string of the molecule is COc1ccc2ccnc(OC3CC(C(=O)O)N(C(=O)O)C3)c2c1. The monoisotopic (exact) mass is 332 g/mol. The number of rotatable bonds is 4. The topological polar surface area (TPSA) is 109 Å². The van der Waals surface area contributed by atoms with Crippen LogP contribution in [0.5, 0.6) is 11.6 Å². The fraction of sp³-hybridized carbons (Fsp3) is 0.312. The van der Waals surface area contributed by atoms with Crippen molar-refractivity contribution in [1.82, 2.24) is 9.88 Å². The predicted molar refractivity (Wildman–Crippen MR) is 83.5 cm³/mol. The standard InChI is InChI=1S/C16H16N2O6/c1-23-10-3-2-9-4-5-17-14(12(9)6-10)24-11-7-13(15(19)20)18(8-11)16(21)22/h2-6,11,13H,7-8H2,1H3,(H,19,20)(H,21,22). The molecule has 2 atom stereocenters. The first-order valence-corrected chi connectivity index (χ1v) is 7.31. The maximum absolute atomic E-state index is 11.2. The molecule has 1 aromatic heterocycles. The first-order chi connectivity index (χ1) is 11.5. The number of nitrogens with zero attached hydrogens (tertiary/aromatic N) is 2. The van der Waals surface area contributed by atoms with Crippen molar-refractivity contribution in [3.63, 3.8) is 0 Å². The van der Waals surface area contributed by atoms with Crippen LogP contribution in [0.4, 0.5) is 4.79 Å². The van der Waals surface area contributed by atoms with Gasteiger partial charge in [0.15, 0.2) is 0 Å². The highest BCUT2D eigenvalue weighted by Gasteiger charge is 2.41. The number of pyridine rings is 1. The van der Waals surface area contributed by atoms with Crippen LogP contribution in [-0.2, 0) is 4.79 Å². The van der Waals surface area contributed by atoms with Gasteiger partial charge in [0, 0.05) is 18.0 Å². The molecule has 2 heterocycles. The first kappa shape index (κ1) is 15.9. The van der Waals surface area contributed by atoms with Gasteiger partial charge < -0.3 is 19.7 Å². The number of carboxylic acid groups (broad SMARTS) is 2. The maximum Gasteiger partial charge on any atom is 0.408 e. The number of methoxy groups -OCH3 is 1. The second-order valence-corrected chi connectivity index (χ2v) is 5.47. The normalized spacial score (nSPS) is 20.1. The van der Waals surface area contributed by atoms with Crippen molar-refractivity contribution in [2.75, 3.05) is 13.7 Å². The summed E-state index contributed by atoms with van der Waals surface area (Å²) in [7, 11) is 1.55. The van der Waals surface area contributed by atoms with Crippen LogP contribution in [0.25, 0.3) is 10.8 Å². The molecule has 0 spiro atoms. The van der Waals surface area contributed by atoms with Gasteiger partial charge in [-0.15, -0.1) is 0 Å². The van der Waals surface area contributed by atoms with Crippen molar-refractivity contribution < 1.29 is 29.3 Å². The third-order valence-electron chi connectivity index (χ3n) is 4.01. The Morgan fingerprint density at radius 2 is 2.08 bits per heavy atom. The smallest absolute Gasteiger partial charge is 0.408 e. The highest BCUT2D eigenvalue weighted by atomic mass is 16.5. The molecule has 8 nitrogen and oxygen atoms in total. The van der Waals surface area contributed by atoms with E-state index in [1.807, 2.05) is 18.2 Å². The number of likely N-dealkylation sites (tertiary alicyclic amines) is 1. The molecular formula is C16H16N2O6. The lowest BCUT2D eigenvalue weighted by Crippen LogP contribution is -2.39. The zero-order valence-corrected chi connectivity index (χ0v) is 12.9. The summed E-state index contributed by atoms with van der Waals surface area (Å²) in [5, 5.41) is 19.9. The van der Waals surface area contributed by atoms with Gasteiger partial charge in [0.05, 0.1) is 13.7 Å². The highest BCUT2D eigenvalue weighted by Crippen LogP contribution is 2.30. The number of aliphatic carboxylic acids is 1. The van der Waals surface area contributed by atoms with E-state index in [2.05, 4.69) is 4.98 Å². The number of benzene rings is 1. The minimum absolute atomic E-state index is 0.0195. The molecule has 0 radical (unpaired) electrons. The summed E-state index contributed by atoms with van der Waals surface area (Å²) in [5.74, 6) is -0.217. The molecule has 2 unspecified atom stereocenters. The Kier molecular flexibility index (Phi) is 4.11. The third-order valence-corrected chi connectivity index (χ3v) is 4.01. The molecule has 1 aromatic carbocycles. The molecule has 2 N–H and O–H groups in total. The maximum atomic E-state index is 11.2.